The van der Waals surface area contributed by atoms with Crippen LogP contribution in [-0.2, 0) is 0 Å². The summed E-state index contributed by atoms with van der Waals surface area (Å²) in [5.74, 6) is 0. The number of pyridine rings is 1. The predicted octanol–water partition coefficient (Wildman–Crippen LogP) is 9.07. The highest BCUT2D eigenvalue weighted by molar-refractivity contribution is 8.31. The van der Waals surface area contributed by atoms with Crippen LogP contribution in [0.5, 0.6) is 0 Å². The van der Waals surface area contributed by atoms with Crippen molar-refractivity contribution in [3.05, 3.63) is 24.4 Å². The van der Waals surface area contributed by atoms with Crippen molar-refractivity contribution < 1.29 is 3.89 Å². The van der Waals surface area contributed by atoms with Crippen molar-refractivity contribution in [1.29, 1.82) is 0 Å². The number of hydrogen-bond donors (Lipinski definition) is 1. The van der Waals surface area contributed by atoms with Crippen molar-refractivity contribution in [2.45, 2.75) is 110 Å². The first-order valence-electron chi connectivity index (χ1n) is 10.4. The summed E-state index contributed by atoms with van der Waals surface area (Å²) in [5.41, 5.74) is 0.764. The molecule has 0 saturated carbocycles. The van der Waals surface area contributed by atoms with Gasteiger partial charge in [-0.2, -0.15) is 3.89 Å². The number of fused-ring (bicyclic) bond motifs is 1. The van der Waals surface area contributed by atoms with Gasteiger partial charge in [-0.25, -0.2) is 4.98 Å². The Hall–Kier alpha value is -1.03. The van der Waals surface area contributed by atoms with Crippen molar-refractivity contribution in [2.24, 2.45) is 0 Å². The summed E-state index contributed by atoms with van der Waals surface area (Å²) in [6.07, 6.45) is 4.23. The Labute approximate surface area is 170 Å². The number of halogens is 1. The first-order chi connectivity index (χ1) is 12.4. The highest BCUT2D eigenvalue weighted by Crippen LogP contribution is 2.73. The van der Waals surface area contributed by atoms with Gasteiger partial charge in [0.1, 0.15) is 5.65 Å². The standard InChI is InChI=1S/C15H23FN2S.2C3H8.C2H6/c1-14(2,3)19(16,15(4,5)6)12-10-11-8-7-9-17-13(11)18-12;2*1-3-2;1-2/h7-10H,1-6H3,(H,17,18);2*3H2,1-2H3;1-2H3. The van der Waals surface area contributed by atoms with Gasteiger partial charge in [0.15, 0.2) is 0 Å². The van der Waals surface area contributed by atoms with Crippen molar-refractivity contribution in [3.63, 3.8) is 0 Å². The Morgan fingerprint density at radius 3 is 1.67 bits per heavy atom. The second kappa shape index (κ2) is 12.4. The van der Waals surface area contributed by atoms with E-state index in [9.17, 15) is 0 Å². The van der Waals surface area contributed by atoms with Crippen LogP contribution in [-0.4, -0.2) is 19.5 Å². The van der Waals surface area contributed by atoms with Gasteiger partial charge in [-0.1, -0.05) is 54.4 Å². The molecule has 2 heterocycles. The normalized spacial score (nSPS) is 12.0. The molecule has 0 aliphatic heterocycles. The third-order valence-electron chi connectivity index (χ3n) is 3.36. The summed E-state index contributed by atoms with van der Waals surface area (Å²) in [6.45, 7) is 24.4. The minimum absolute atomic E-state index is 0.424. The van der Waals surface area contributed by atoms with Gasteiger partial charge in [-0.15, -0.1) is 0 Å². The molecule has 160 valence electrons. The van der Waals surface area contributed by atoms with E-state index in [1.807, 2.05) is 73.6 Å². The van der Waals surface area contributed by atoms with E-state index in [0.717, 1.165) is 11.0 Å². The third kappa shape index (κ3) is 7.48. The molecule has 1 N–H and O–H groups in total. The zero-order valence-electron chi connectivity index (χ0n) is 20.0. The topological polar surface area (TPSA) is 28.7 Å². The Morgan fingerprint density at radius 2 is 1.33 bits per heavy atom. The van der Waals surface area contributed by atoms with Crippen molar-refractivity contribution >= 4 is 21.4 Å². The van der Waals surface area contributed by atoms with Crippen LogP contribution in [0.25, 0.3) is 11.0 Å². The first kappa shape index (κ1) is 28.2. The Bertz CT molecular complexity index is 572. The average Bonchev–Trinajstić information content (AvgIpc) is 2.99. The molecule has 2 aromatic heterocycles. The summed E-state index contributed by atoms with van der Waals surface area (Å²) in [7, 11) is -2.51. The van der Waals surface area contributed by atoms with Gasteiger partial charge in [-0.3, -0.25) is 0 Å². The number of nitrogens with zero attached hydrogens (tertiary/aromatic N) is 1. The molecule has 0 fully saturated rings. The second-order valence-electron chi connectivity index (χ2n) is 8.25. The summed E-state index contributed by atoms with van der Waals surface area (Å²) < 4.78 is 15.2. The number of rotatable bonds is 1. The van der Waals surface area contributed by atoms with Crippen LogP contribution in [0.4, 0.5) is 3.89 Å². The lowest BCUT2D eigenvalue weighted by Gasteiger charge is -2.51. The van der Waals surface area contributed by atoms with E-state index < -0.39 is 19.9 Å². The monoisotopic (exact) mass is 400 g/mol. The second-order valence-corrected chi connectivity index (χ2v) is 12.2. The minimum atomic E-state index is -2.51. The quantitative estimate of drug-likeness (QED) is 0.508. The molecule has 0 amide bonds. The molecule has 0 radical (unpaired) electrons. The molecule has 0 bridgehead atoms. The molecule has 2 aromatic rings. The highest BCUT2D eigenvalue weighted by atomic mass is 32.3. The fourth-order valence-corrected chi connectivity index (χ4v) is 6.35. The van der Waals surface area contributed by atoms with Crippen molar-refractivity contribution in [3.8, 4) is 0 Å². The van der Waals surface area contributed by atoms with Crippen LogP contribution in [0.3, 0.4) is 0 Å². The molecule has 0 unspecified atom stereocenters. The summed E-state index contributed by atoms with van der Waals surface area (Å²) >= 11 is 0. The molecule has 2 rings (SSSR count). The largest absolute Gasteiger partial charge is 0.334 e. The molecule has 27 heavy (non-hydrogen) atoms. The summed E-state index contributed by atoms with van der Waals surface area (Å²) in [6, 6.07) is 5.77. The molecule has 0 aromatic carbocycles. The maximum absolute atomic E-state index is 16.0. The number of aromatic amines is 1. The molecule has 0 spiro atoms. The van der Waals surface area contributed by atoms with E-state index in [1.54, 1.807) is 6.20 Å². The molecule has 0 saturated heterocycles. The molecule has 0 aliphatic rings. The lowest BCUT2D eigenvalue weighted by molar-refractivity contribution is 0.635. The fraction of sp³-hybridized carbons (Fsp3) is 0.696. The summed E-state index contributed by atoms with van der Waals surface area (Å²) in [5, 5.41) is 1.67. The Kier molecular flexibility index (Phi) is 13.0. The molecule has 4 heteroatoms. The minimum Gasteiger partial charge on any atom is -0.334 e. The Morgan fingerprint density at radius 1 is 0.926 bits per heavy atom. The van der Waals surface area contributed by atoms with Crippen LogP contribution in [0.1, 0.15) is 95.9 Å². The first-order valence-corrected chi connectivity index (χ1v) is 11.9. The number of nitrogens with one attached hydrogen (secondary N) is 1. The van der Waals surface area contributed by atoms with E-state index in [0.29, 0.717) is 5.03 Å². The van der Waals surface area contributed by atoms with Gasteiger partial charge < -0.3 is 4.98 Å². The van der Waals surface area contributed by atoms with Gasteiger partial charge in [0.25, 0.3) is 0 Å². The van der Waals surface area contributed by atoms with E-state index in [4.69, 9.17) is 0 Å². The SMILES string of the molecule is CC.CC(C)(C)S(F)(c1cc2cccnc2[nH]1)C(C)(C)C.CCC.CCC. The van der Waals surface area contributed by atoms with Gasteiger partial charge in [0, 0.05) is 21.1 Å². The molecule has 2 nitrogen and oxygen atoms in total. The molecular weight excluding hydrogens is 355 g/mol. The van der Waals surface area contributed by atoms with Gasteiger partial charge in [0.05, 0.1) is 5.03 Å². The predicted molar refractivity (Wildman–Crippen MR) is 126 cm³/mol. The maximum Gasteiger partial charge on any atom is 0.138 e. The number of aromatic nitrogens is 2. The van der Waals surface area contributed by atoms with Crippen LogP contribution < -0.4 is 0 Å². The van der Waals surface area contributed by atoms with E-state index in [-0.39, 0.29) is 0 Å². The molecule has 0 aliphatic carbocycles. The summed E-state index contributed by atoms with van der Waals surface area (Å²) in [4.78, 5) is 7.47. The van der Waals surface area contributed by atoms with E-state index >= 15 is 3.89 Å². The van der Waals surface area contributed by atoms with Crippen LogP contribution >= 0.6 is 10.4 Å². The molecular formula is C23H45FN2S. The van der Waals surface area contributed by atoms with E-state index in [1.165, 1.54) is 12.8 Å². The van der Waals surface area contributed by atoms with Crippen LogP contribution in [0.2, 0.25) is 0 Å². The van der Waals surface area contributed by atoms with E-state index in [2.05, 4.69) is 37.7 Å². The zero-order valence-corrected chi connectivity index (χ0v) is 20.8. The van der Waals surface area contributed by atoms with Crippen LogP contribution in [0, 0.1) is 0 Å². The van der Waals surface area contributed by atoms with Crippen molar-refractivity contribution in [2.75, 3.05) is 0 Å². The zero-order chi connectivity index (χ0) is 21.9. The van der Waals surface area contributed by atoms with Crippen molar-refractivity contribution in [1.82, 2.24) is 9.97 Å². The maximum atomic E-state index is 16.0. The number of hydrogen-bond acceptors (Lipinski definition) is 1. The number of H-pyrrole nitrogens is 1. The molecule has 0 atom stereocenters. The Balaban J connectivity index is 0. The average molecular weight is 401 g/mol. The highest BCUT2D eigenvalue weighted by Gasteiger charge is 2.49. The third-order valence-corrected chi connectivity index (χ3v) is 7.56. The van der Waals surface area contributed by atoms with Gasteiger partial charge in [-0.05, 0) is 70.2 Å². The van der Waals surface area contributed by atoms with Gasteiger partial charge >= 0.3 is 0 Å². The van der Waals surface area contributed by atoms with Crippen LogP contribution in [0.15, 0.2) is 29.4 Å². The van der Waals surface area contributed by atoms with Gasteiger partial charge in [0.2, 0.25) is 0 Å². The smallest absolute Gasteiger partial charge is 0.138 e. The lowest BCUT2D eigenvalue weighted by atomic mass is 10.2. The lowest BCUT2D eigenvalue weighted by Crippen LogP contribution is -2.35. The fourth-order valence-electron chi connectivity index (χ4n) is 2.66.